The van der Waals surface area contributed by atoms with Gasteiger partial charge in [-0.05, 0) is 157 Å². The molecule has 0 aliphatic rings. The van der Waals surface area contributed by atoms with Crippen LogP contribution >= 0.6 is 34.0 Å². The molecule has 0 radical (unpaired) electrons. The predicted molar refractivity (Wildman–Crippen MR) is 523 cm³/mol. The van der Waals surface area contributed by atoms with Crippen molar-refractivity contribution in [2.45, 2.75) is 55.4 Å². The lowest BCUT2D eigenvalue weighted by Gasteiger charge is -2.08. The molecule has 118 heavy (non-hydrogen) atoms. The summed E-state index contributed by atoms with van der Waals surface area (Å²) < 4.78 is 15.2. The lowest BCUT2D eigenvalue weighted by atomic mass is 10.1. The van der Waals surface area contributed by atoms with Crippen LogP contribution in [0.2, 0.25) is 0 Å². The van der Waals surface area contributed by atoms with E-state index >= 15 is 0 Å². The van der Waals surface area contributed by atoms with E-state index < -0.39 is 0 Å². The highest BCUT2D eigenvalue weighted by Crippen LogP contribution is 2.39. The maximum atomic E-state index is 2.36. The summed E-state index contributed by atoms with van der Waals surface area (Å²) in [5.74, 6) is 0. The molecule has 23 rings (SSSR count). The number of aryl methyl sites for hydroxylation is 10. The summed E-state index contributed by atoms with van der Waals surface area (Å²) in [6, 6.07) is 147. The van der Waals surface area contributed by atoms with Crippen molar-refractivity contribution in [1.82, 2.24) is 13.7 Å². The smallest absolute Gasteiger partial charge is 0.0570 e. The topological polar surface area (TPSA) is 14.8 Å². The van der Waals surface area contributed by atoms with Crippen molar-refractivity contribution in [3.8, 4) is 5.69 Å². The Morgan fingerprint density at radius 2 is 0.466 bits per heavy atom. The van der Waals surface area contributed by atoms with Gasteiger partial charge in [0.25, 0.3) is 0 Å². The Hall–Kier alpha value is -13.2. The molecule has 0 saturated heterocycles. The van der Waals surface area contributed by atoms with E-state index in [0.717, 1.165) is 0 Å². The van der Waals surface area contributed by atoms with Crippen molar-refractivity contribution < 1.29 is 0 Å². The number of para-hydroxylation sites is 7. The van der Waals surface area contributed by atoms with Crippen molar-refractivity contribution in [3.05, 3.63) is 463 Å². The van der Waals surface area contributed by atoms with Crippen molar-refractivity contribution >= 4 is 160 Å². The molecule has 0 N–H and O–H groups in total. The van der Waals surface area contributed by atoms with Crippen LogP contribution < -0.4 is 0 Å². The standard InChI is InChI=1S/C19H15N.2C13H11N.3C13H10S.4C7H8/c1-14-8-7-12-17-16-11-5-6-13-18(16)20(19(14)17)15-9-3-2-4-10-15;2*1-14-12-8-4-2-6-10(12)11-7-3-5-9-13(11)14;1-9-5-4-8-12-13(9)10-6-2-3-7-11(10)14-12;1-9-6-7-13-11(8-9)10-4-2-3-5-12(10)14-13;1-9-6-7-11-10-4-2-3-5-12(10)14-13(11)8-9;4*1-7-5-3-2-4-6-7/h2-13H,1H3;2*2-9H,1H3;3*2-8H,1H3;4*2-6H,1H3. The molecule has 0 atom stereocenters. The molecule has 0 fully saturated rings. The molecule has 0 aliphatic heterocycles. The third-order valence-corrected chi connectivity index (χ3v) is 24.4. The summed E-state index contributed by atoms with van der Waals surface area (Å²) >= 11 is 5.62. The maximum Gasteiger partial charge on any atom is 0.0570 e. The molecular weight excluding hydrogens is 1480 g/mol. The third-order valence-electron chi connectivity index (χ3n) is 21.0. The van der Waals surface area contributed by atoms with E-state index in [2.05, 4.69) is 429 Å². The highest BCUT2D eigenvalue weighted by Gasteiger charge is 2.14. The number of thiophene rings is 3. The molecule has 0 unspecified atom stereocenters. The monoisotopic (exact) mass is 1580 g/mol. The molecule has 3 nitrogen and oxygen atoms in total. The van der Waals surface area contributed by atoms with Crippen molar-refractivity contribution in [2.75, 3.05) is 0 Å². The lowest BCUT2D eigenvalue weighted by Crippen LogP contribution is -1.94. The molecular formula is C112H99N3S3. The minimum absolute atomic E-state index is 1.22. The summed E-state index contributed by atoms with van der Waals surface area (Å²) in [7, 11) is 4.23. The number of hydrogen-bond acceptors (Lipinski definition) is 3. The van der Waals surface area contributed by atoms with Crippen LogP contribution in [0.5, 0.6) is 0 Å². The molecule has 0 aliphatic carbocycles. The van der Waals surface area contributed by atoms with E-state index in [0.29, 0.717) is 0 Å². The summed E-state index contributed by atoms with van der Waals surface area (Å²) in [6.45, 7) is 17.0. The minimum Gasteiger partial charge on any atom is -0.344 e. The van der Waals surface area contributed by atoms with Gasteiger partial charge in [-0.1, -0.05) is 361 Å². The van der Waals surface area contributed by atoms with Gasteiger partial charge in [-0.15, -0.1) is 34.0 Å². The Morgan fingerprint density at radius 1 is 0.178 bits per heavy atom. The van der Waals surface area contributed by atoms with Gasteiger partial charge in [0.2, 0.25) is 0 Å². The van der Waals surface area contributed by atoms with Gasteiger partial charge in [0.15, 0.2) is 0 Å². The second-order valence-corrected chi connectivity index (χ2v) is 33.0. The van der Waals surface area contributed by atoms with Crippen molar-refractivity contribution in [3.63, 3.8) is 0 Å². The van der Waals surface area contributed by atoms with E-state index in [1.54, 1.807) is 0 Å². The second-order valence-electron chi connectivity index (χ2n) is 29.7. The third kappa shape index (κ3) is 19.7. The average Bonchev–Trinajstić information content (AvgIpc) is 1.59. The molecule has 0 amide bonds. The van der Waals surface area contributed by atoms with E-state index in [9.17, 15) is 0 Å². The molecule has 0 saturated carbocycles. The number of hydrogen-bond donors (Lipinski definition) is 0. The summed E-state index contributed by atoms with van der Waals surface area (Å²) in [5.41, 5.74) is 19.6. The number of aromatic nitrogens is 3. The highest BCUT2D eigenvalue weighted by atomic mass is 32.1. The van der Waals surface area contributed by atoms with E-state index in [1.807, 2.05) is 107 Å². The quantitative estimate of drug-likeness (QED) is 0.156. The van der Waals surface area contributed by atoms with Crippen LogP contribution in [0.4, 0.5) is 0 Å². The Kier molecular flexibility index (Phi) is 27.2. The molecule has 6 aromatic heterocycles. The van der Waals surface area contributed by atoms with E-state index in [4.69, 9.17) is 0 Å². The Morgan fingerprint density at radius 3 is 0.907 bits per heavy atom. The van der Waals surface area contributed by atoms with Gasteiger partial charge >= 0.3 is 0 Å². The minimum atomic E-state index is 1.22. The van der Waals surface area contributed by atoms with Crippen LogP contribution in [0.3, 0.4) is 0 Å². The van der Waals surface area contributed by atoms with Gasteiger partial charge in [0.1, 0.15) is 0 Å². The molecule has 6 heterocycles. The van der Waals surface area contributed by atoms with Gasteiger partial charge < -0.3 is 13.7 Å². The first-order valence-electron chi connectivity index (χ1n) is 40.3. The van der Waals surface area contributed by atoms with Gasteiger partial charge in [-0.3, -0.25) is 0 Å². The van der Waals surface area contributed by atoms with Crippen LogP contribution in [0, 0.1) is 55.4 Å². The van der Waals surface area contributed by atoms with Gasteiger partial charge in [0, 0.05) is 135 Å². The Bertz CT molecular complexity index is 6780. The number of benzene rings is 17. The largest absolute Gasteiger partial charge is 0.344 e. The lowest BCUT2D eigenvalue weighted by molar-refractivity contribution is 1.01. The van der Waals surface area contributed by atoms with E-state index in [-0.39, 0.29) is 0 Å². The second kappa shape index (κ2) is 39.4. The molecule has 580 valence electrons. The average molecular weight is 1580 g/mol. The number of nitrogens with zero attached hydrogens (tertiary/aromatic N) is 3. The van der Waals surface area contributed by atoms with Crippen LogP contribution in [-0.4, -0.2) is 13.7 Å². The first-order valence-corrected chi connectivity index (χ1v) is 42.8. The van der Waals surface area contributed by atoms with Gasteiger partial charge in [0.05, 0.1) is 11.0 Å². The number of rotatable bonds is 1. The zero-order valence-electron chi connectivity index (χ0n) is 68.9. The van der Waals surface area contributed by atoms with Crippen LogP contribution in [-0.2, 0) is 14.1 Å². The van der Waals surface area contributed by atoms with Crippen LogP contribution in [0.15, 0.2) is 419 Å². The summed E-state index contributed by atoms with van der Waals surface area (Å²) in [4.78, 5) is 0. The highest BCUT2D eigenvalue weighted by molar-refractivity contribution is 7.26. The van der Waals surface area contributed by atoms with Gasteiger partial charge in [-0.25, -0.2) is 0 Å². The first kappa shape index (κ1) is 81.4. The fourth-order valence-corrected chi connectivity index (χ4v) is 18.5. The zero-order chi connectivity index (χ0) is 81.7. The Balaban J connectivity index is 0.000000110. The SMILES string of the molecule is Cc1ccc2c(c1)sc1ccccc12.Cc1ccc2sc3ccccc3c2c1.Cc1cccc2c3ccccc3n(-c3ccccc3)c12.Cc1cccc2sc3ccccc3c12.Cc1ccccc1.Cc1ccccc1.Cc1ccccc1.Cc1ccccc1.Cn1c2ccccc2c2ccccc21.Cn1c2ccccc2c2ccccc21. The molecule has 0 bridgehead atoms. The zero-order valence-corrected chi connectivity index (χ0v) is 71.4. The fourth-order valence-electron chi connectivity index (χ4n) is 15.0. The molecule has 23 aromatic rings. The molecule has 17 aromatic carbocycles. The molecule has 6 heteroatoms. The van der Waals surface area contributed by atoms with Crippen molar-refractivity contribution in [2.24, 2.45) is 14.1 Å². The first-order chi connectivity index (χ1) is 57.7. The van der Waals surface area contributed by atoms with Crippen LogP contribution in [0.25, 0.3) is 132 Å². The van der Waals surface area contributed by atoms with Crippen LogP contribution in [0.1, 0.15) is 44.5 Å². The Labute approximate surface area is 706 Å². The normalized spacial score (nSPS) is 10.6. The predicted octanol–water partition coefficient (Wildman–Crippen LogP) is 32.8. The number of fused-ring (bicyclic) bond motifs is 18. The van der Waals surface area contributed by atoms with Gasteiger partial charge in [-0.2, -0.15) is 0 Å². The fraction of sp³-hybridized carbons (Fsp3) is 0.0893. The van der Waals surface area contributed by atoms with E-state index in [1.165, 1.54) is 176 Å². The van der Waals surface area contributed by atoms with Crippen molar-refractivity contribution in [1.29, 1.82) is 0 Å². The summed E-state index contributed by atoms with van der Waals surface area (Å²) in [5, 5.41) is 16.4. The molecule has 0 spiro atoms. The maximum absolute atomic E-state index is 2.36. The summed E-state index contributed by atoms with van der Waals surface area (Å²) in [6.07, 6.45) is 0.